The summed E-state index contributed by atoms with van der Waals surface area (Å²) in [5.74, 6) is 0.953. The van der Waals surface area contributed by atoms with E-state index in [-0.39, 0.29) is 5.56 Å². The molecular formula is C29H34N6O2. The Bertz CT molecular complexity index is 1410. The molecule has 2 aliphatic heterocycles. The second kappa shape index (κ2) is 10.1. The fraction of sp³-hybridized carbons (Fsp3) is 0.414. The van der Waals surface area contributed by atoms with Crippen molar-refractivity contribution in [2.45, 2.75) is 26.3 Å². The first-order valence-electron chi connectivity index (χ1n) is 13.3. The molecule has 0 saturated carbocycles. The summed E-state index contributed by atoms with van der Waals surface area (Å²) in [5.41, 5.74) is 5.97. The van der Waals surface area contributed by atoms with E-state index >= 15 is 0 Å². The number of hydrogen-bond acceptors (Lipinski definition) is 7. The van der Waals surface area contributed by atoms with Gasteiger partial charge in [-0.1, -0.05) is 17.7 Å². The lowest BCUT2D eigenvalue weighted by atomic mass is 9.94. The van der Waals surface area contributed by atoms with Crippen LogP contribution in [0.2, 0.25) is 0 Å². The minimum atomic E-state index is -0.000230. The standard InChI is InChI=1S/C29H34N6O2/c1-3-35-27-23(17-26(28(35)36)21-5-4-20(16-21)22-10-15-37-19-22)18-30-29(32-27)31-24-6-8-25(9-7-24)34-13-11-33(2)12-14-34/h4-9,17-18,22H,3,10-16,19H2,1-2H3,(H,30,31,32). The van der Waals surface area contributed by atoms with Gasteiger partial charge in [-0.2, -0.15) is 4.98 Å². The molecule has 192 valence electrons. The SMILES string of the molecule is CCn1c(=O)c(C2=CC=C(C3CCOC3)C2)cc2cnc(Nc3ccc(N4CCN(C)CC4)cc3)nc21. The van der Waals surface area contributed by atoms with Crippen LogP contribution in [-0.2, 0) is 11.3 Å². The van der Waals surface area contributed by atoms with Crippen LogP contribution >= 0.6 is 0 Å². The number of fused-ring (bicyclic) bond motifs is 1. The first-order valence-corrected chi connectivity index (χ1v) is 13.3. The summed E-state index contributed by atoms with van der Waals surface area (Å²) in [6.45, 7) is 8.37. The highest BCUT2D eigenvalue weighted by molar-refractivity contribution is 5.82. The van der Waals surface area contributed by atoms with Crippen molar-refractivity contribution in [2.75, 3.05) is 56.7 Å². The predicted octanol–water partition coefficient (Wildman–Crippen LogP) is 4.06. The van der Waals surface area contributed by atoms with Gasteiger partial charge in [0.05, 0.1) is 6.61 Å². The summed E-state index contributed by atoms with van der Waals surface area (Å²) < 4.78 is 7.32. The van der Waals surface area contributed by atoms with Crippen LogP contribution in [0.1, 0.15) is 25.3 Å². The Morgan fingerprint density at radius 3 is 2.65 bits per heavy atom. The number of aryl methyl sites for hydroxylation is 1. The zero-order valence-corrected chi connectivity index (χ0v) is 21.6. The van der Waals surface area contributed by atoms with Crippen LogP contribution in [-0.4, -0.2) is 65.9 Å². The van der Waals surface area contributed by atoms with Crippen LogP contribution in [0, 0.1) is 5.92 Å². The molecule has 8 nitrogen and oxygen atoms in total. The molecular weight excluding hydrogens is 464 g/mol. The number of ether oxygens (including phenoxy) is 1. The largest absolute Gasteiger partial charge is 0.381 e. The van der Waals surface area contributed by atoms with Crippen molar-refractivity contribution in [3.63, 3.8) is 0 Å². The first-order chi connectivity index (χ1) is 18.1. The van der Waals surface area contributed by atoms with Crippen molar-refractivity contribution in [3.05, 3.63) is 70.2 Å². The molecule has 0 bridgehead atoms. The van der Waals surface area contributed by atoms with E-state index in [1.807, 2.05) is 19.2 Å². The van der Waals surface area contributed by atoms with Crippen LogP contribution in [0.15, 0.2) is 59.0 Å². The third kappa shape index (κ3) is 4.79. The number of piperazine rings is 1. The minimum Gasteiger partial charge on any atom is -0.381 e. The number of nitrogens with one attached hydrogen (secondary N) is 1. The number of allylic oxidation sites excluding steroid dienone is 3. The summed E-state index contributed by atoms with van der Waals surface area (Å²) in [6, 6.07) is 10.3. The molecule has 2 saturated heterocycles. The highest BCUT2D eigenvalue weighted by atomic mass is 16.5. The van der Waals surface area contributed by atoms with Gasteiger partial charge in [-0.25, -0.2) is 4.98 Å². The van der Waals surface area contributed by atoms with Gasteiger partial charge in [0.1, 0.15) is 5.65 Å². The highest BCUT2D eigenvalue weighted by Gasteiger charge is 2.25. The third-order valence-electron chi connectivity index (χ3n) is 7.83. The Balaban J connectivity index is 1.22. The van der Waals surface area contributed by atoms with E-state index in [9.17, 15) is 4.79 Å². The monoisotopic (exact) mass is 498 g/mol. The van der Waals surface area contributed by atoms with Crippen molar-refractivity contribution in [1.29, 1.82) is 0 Å². The molecule has 1 unspecified atom stereocenters. The lowest BCUT2D eigenvalue weighted by Gasteiger charge is -2.34. The van der Waals surface area contributed by atoms with Gasteiger partial charge in [0, 0.05) is 73.8 Å². The number of pyridine rings is 1. The molecule has 0 radical (unpaired) electrons. The molecule has 0 amide bonds. The summed E-state index contributed by atoms with van der Waals surface area (Å²) in [7, 11) is 2.17. The van der Waals surface area contributed by atoms with E-state index in [4.69, 9.17) is 9.72 Å². The molecule has 1 aliphatic carbocycles. The average Bonchev–Trinajstić information content (AvgIpc) is 3.62. The summed E-state index contributed by atoms with van der Waals surface area (Å²) in [4.78, 5) is 27.6. The molecule has 1 atom stereocenters. The average molecular weight is 499 g/mol. The van der Waals surface area contributed by atoms with Crippen molar-refractivity contribution in [3.8, 4) is 0 Å². The van der Waals surface area contributed by atoms with Gasteiger partial charge in [0.2, 0.25) is 5.95 Å². The zero-order chi connectivity index (χ0) is 25.4. The summed E-state index contributed by atoms with van der Waals surface area (Å²) >= 11 is 0. The maximum atomic E-state index is 13.5. The smallest absolute Gasteiger partial charge is 0.259 e. The van der Waals surface area contributed by atoms with E-state index in [1.54, 1.807) is 4.57 Å². The van der Waals surface area contributed by atoms with Gasteiger partial charge in [-0.15, -0.1) is 0 Å². The van der Waals surface area contributed by atoms with Gasteiger partial charge in [-0.3, -0.25) is 9.36 Å². The Labute approximate surface area is 217 Å². The lowest BCUT2D eigenvalue weighted by Crippen LogP contribution is -2.44. The third-order valence-corrected chi connectivity index (χ3v) is 7.83. The molecule has 4 heterocycles. The number of nitrogens with zero attached hydrogens (tertiary/aromatic N) is 5. The fourth-order valence-corrected chi connectivity index (χ4v) is 5.53. The van der Waals surface area contributed by atoms with Gasteiger partial charge in [-0.05, 0) is 62.7 Å². The van der Waals surface area contributed by atoms with Gasteiger partial charge >= 0.3 is 0 Å². The molecule has 3 aromatic rings. The topological polar surface area (TPSA) is 75.5 Å². The van der Waals surface area contributed by atoms with Gasteiger partial charge in [0.25, 0.3) is 5.56 Å². The van der Waals surface area contributed by atoms with Crippen LogP contribution in [0.4, 0.5) is 17.3 Å². The molecule has 0 spiro atoms. The van der Waals surface area contributed by atoms with Gasteiger partial charge in [0.15, 0.2) is 0 Å². The van der Waals surface area contributed by atoms with Gasteiger partial charge < -0.3 is 19.9 Å². The minimum absolute atomic E-state index is 0.000230. The van der Waals surface area contributed by atoms with Crippen LogP contribution in [0.25, 0.3) is 16.6 Å². The normalized spacial score (nSPS) is 20.4. The van der Waals surface area contributed by atoms with E-state index in [0.29, 0.717) is 24.1 Å². The Morgan fingerprint density at radius 1 is 1.11 bits per heavy atom. The van der Waals surface area contributed by atoms with Crippen molar-refractivity contribution < 1.29 is 4.74 Å². The molecule has 3 aliphatic rings. The maximum absolute atomic E-state index is 13.5. The zero-order valence-electron chi connectivity index (χ0n) is 21.6. The fourth-order valence-electron chi connectivity index (χ4n) is 5.53. The van der Waals surface area contributed by atoms with Crippen molar-refractivity contribution in [1.82, 2.24) is 19.4 Å². The molecule has 1 aromatic carbocycles. The molecule has 1 N–H and O–H groups in total. The Morgan fingerprint density at radius 2 is 1.92 bits per heavy atom. The Kier molecular flexibility index (Phi) is 6.52. The van der Waals surface area contributed by atoms with Crippen LogP contribution < -0.4 is 15.8 Å². The molecule has 2 fully saturated rings. The number of anilines is 3. The number of rotatable bonds is 6. The molecule has 2 aromatic heterocycles. The quantitative estimate of drug-likeness (QED) is 0.549. The molecule has 37 heavy (non-hydrogen) atoms. The summed E-state index contributed by atoms with van der Waals surface area (Å²) in [6.07, 6.45) is 7.95. The Hall–Kier alpha value is -3.49. The first kappa shape index (κ1) is 23.9. The number of likely N-dealkylation sites (N-methyl/N-ethyl adjacent to an activating group) is 1. The second-order valence-electron chi connectivity index (χ2n) is 10.2. The summed E-state index contributed by atoms with van der Waals surface area (Å²) in [5, 5.41) is 4.18. The van der Waals surface area contributed by atoms with Crippen LogP contribution in [0.3, 0.4) is 0 Å². The van der Waals surface area contributed by atoms with Crippen LogP contribution in [0.5, 0.6) is 0 Å². The van der Waals surface area contributed by atoms with E-state index in [0.717, 1.165) is 74.4 Å². The predicted molar refractivity (Wildman–Crippen MR) is 149 cm³/mol. The highest BCUT2D eigenvalue weighted by Crippen LogP contribution is 2.35. The maximum Gasteiger partial charge on any atom is 0.259 e. The number of aromatic nitrogens is 3. The number of hydrogen-bond donors (Lipinski definition) is 1. The number of benzene rings is 1. The van der Waals surface area contributed by atoms with Crippen molar-refractivity contribution in [2.24, 2.45) is 5.92 Å². The van der Waals surface area contributed by atoms with E-state index < -0.39 is 0 Å². The van der Waals surface area contributed by atoms with E-state index in [1.165, 1.54) is 11.3 Å². The molecule has 8 heteroatoms. The van der Waals surface area contributed by atoms with E-state index in [2.05, 4.69) is 63.6 Å². The lowest BCUT2D eigenvalue weighted by molar-refractivity contribution is 0.190. The second-order valence-corrected chi connectivity index (χ2v) is 10.2. The molecule has 6 rings (SSSR count). The van der Waals surface area contributed by atoms with Crippen molar-refractivity contribution >= 4 is 33.9 Å².